The molecule has 0 spiro atoms. The minimum atomic E-state index is -0.770. The highest BCUT2D eigenvalue weighted by atomic mass is 19.1. The summed E-state index contributed by atoms with van der Waals surface area (Å²) in [6, 6.07) is 12.4. The number of aromatic nitrogens is 3. The lowest BCUT2D eigenvalue weighted by Crippen LogP contribution is -2.11. The molecule has 0 saturated carbocycles. The van der Waals surface area contributed by atoms with Crippen LogP contribution in [0.4, 0.5) is 4.39 Å². The predicted octanol–water partition coefficient (Wildman–Crippen LogP) is 2.52. The molecule has 0 radical (unpaired) electrons. The second kappa shape index (κ2) is 6.61. The Morgan fingerprint density at radius 3 is 2.57 bits per heavy atom. The number of hydrogen-bond donors (Lipinski definition) is 0. The molecule has 0 unspecified atom stereocenters. The van der Waals surface area contributed by atoms with Crippen molar-refractivity contribution >= 4 is 12.2 Å². The zero-order valence-corrected chi connectivity index (χ0v) is 11.8. The van der Waals surface area contributed by atoms with E-state index >= 15 is 0 Å². The Morgan fingerprint density at radius 1 is 1.09 bits per heavy atom. The first kappa shape index (κ1) is 14.6. The molecule has 0 N–H and O–H groups in total. The van der Waals surface area contributed by atoms with Gasteiger partial charge in [-0.05, 0) is 24.3 Å². The van der Waals surface area contributed by atoms with Gasteiger partial charge in [-0.1, -0.05) is 24.3 Å². The molecule has 0 aliphatic carbocycles. The highest BCUT2D eigenvalue weighted by Crippen LogP contribution is 2.18. The van der Waals surface area contributed by atoms with Crippen molar-refractivity contribution in [2.75, 3.05) is 0 Å². The molecule has 1 aromatic heterocycles. The van der Waals surface area contributed by atoms with Gasteiger partial charge in [0, 0.05) is 5.56 Å². The third kappa shape index (κ3) is 3.46. The van der Waals surface area contributed by atoms with Crippen LogP contribution in [0.1, 0.15) is 15.9 Å². The van der Waals surface area contributed by atoms with Gasteiger partial charge in [0.25, 0.3) is 0 Å². The SMILES string of the molecule is O=C(Oc1ccccc1C=Nn1cnnc1)c1ccccc1F. The zero-order valence-electron chi connectivity index (χ0n) is 11.8. The third-order valence-corrected chi connectivity index (χ3v) is 2.95. The number of carbonyl (C=O) groups is 1. The highest BCUT2D eigenvalue weighted by Gasteiger charge is 2.14. The standard InChI is InChI=1S/C16H11FN4O2/c17-14-7-3-2-6-13(14)16(22)23-15-8-4-1-5-12(15)9-20-21-10-18-19-11-21/h1-11H. The largest absolute Gasteiger partial charge is 0.422 e. The molecular formula is C16H11FN4O2. The van der Waals surface area contributed by atoms with Gasteiger partial charge >= 0.3 is 5.97 Å². The number of rotatable bonds is 4. The van der Waals surface area contributed by atoms with E-state index in [1.807, 2.05) is 0 Å². The number of hydrogen-bond acceptors (Lipinski definition) is 5. The van der Waals surface area contributed by atoms with Crippen LogP contribution in [0.3, 0.4) is 0 Å². The number of para-hydroxylation sites is 1. The average molecular weight is 310 g/mol. The van der Waals surface area contributed by atoms with Gasteiger partial charge < -0.3 is 4.74 Å². The van der Waals surface area contributed by atoms with Crippen LogP contribution < -0.4 is 4.74 Å². The summed E-state index contributed by atoms with van der Waals surface area (Å²) in [4.78, 5) is 12.1. The Balaban J connectivity index is 1.83. The van der Waals surface area contributed by atoms with E-state index in [2.05, 4.69) is 15.3 Å². The summed E-state index contributed by atoms with van der Waals surface area (Å²) in [5.41, 5.74) is 0.434. The fraction of sp³-hybridized carbons (Fsp3) is 0. The van der Waals surface area contributed by atoms with Crippen LogP contribution in [0.15, 0.2) is 66.3 Å². The summed E-state index contributed by atoms with van der Waals surface area (Å²) in [7, 11) is 0. The van der Waals surface area contributed by atoms with Crippen molar-refractivity contribution in [2.45, 2.75) is 0 Å². The molecule has 23 heavy (non-hydrogen) atoms. The van der Waals surface area contributed by atoms with Crippen molar-refractivity contribution in [1.82, 2.24) is 14.9 Å². The fourth-order valence-corrected chi connectivity index (χ4v) is 1.85. The Hall–Kier alpha value is -3.35. The second-order valence-electron chi connectivity index (χ2n) is 4.49. The van der Waals surface area contributed by atoms with E-state index in [-0.39, 0.29) is 11.3 Å². The van der Waals surface area contributed by atoms with Crippen LogP contribution in [0.2, 0.25) is 0 Å². The van der Waals surface area contributed by atoms with Gasteiger partial charge in [0.15, 0.2) is 0 Å². The molecule has 0 fully saturated rings. The van der Waals surface area contributed by atoms with Crippen LogP contribution in [0, 0.1) is 5.82 Å². The summed E-state index contributed by atoms with van der Waals surface area (Å²) < 4.78 is 20.3. The van der Waals surface area contributed by atoms with E-state index in [4.69, 9.17) is 4.74 Å². The van der Waals surface area contributed by atoms with Crippen LogP contribution in [-0.2, 0) is 0 Å². The Bertz CT molecular complexity index is 847. The lowest BCUT2D eigenvalue weighted by Gasteiger charge is -2.07. The zero-order chi connectivity index (χ0) is 16.1. The Labute approximate surface area is 130 Å². The molecule has 0 bridgehead atoms. The lowest BCUT2D eigenvalue weighted by molar-refractivity contribution is 0.0729. The van der Waals surface area contributed by atoms with E-state index in [1.165, 1.54) is 41.7 Å². The molecule has 0 saturated heterocycles. The summed E-state index contributed by atoms with van der Waals surface area (Å²) in [6.07, 6.45) is 4.34. The normalized spacial score (nSPS) is 10.8. The van der Waals surface area contributed by atoms with Gasteiger partial charge in [-0.2, -0.15) is 5.10 Å². The lowest BCUT2D eigenvalue weighted by atomic mass is 10.2. The maximum Gasteiger partial charge on any atom is 0.346 e. The molecule has 0 aliphatic heterocycles. The van der Waals surface area contributed by atoms with Crippen LogP contribution in [0.25, 0.3) is 0 Å². The van der Waals surface area contributed by atoms with Crippen molar-refractivity contribution in [3.8, 4) is 5.75 Å². The fourth-order valence-electron chi connectivity index (χ4n) is 1.85. The van der Waals surface area contributed by atoms with Crippen LogP contribution >= 0.6 is 0 Å². The monoisotopic (exact) mass is 310 g/mol. The molecule has 3 rings (SSSR count). The van der Waals surface area contributed by atoms with Crippen molar-refractivity contribution in [1.29, 1.82) is 0 Å². The first-order valence-corrected chi connectivity index (χ1v) is 6.69. The van der Waals surface area contributed by atoms with Gasteiger partial charge in [0.05, 0.1) is 11.8 Å². The molecule has 3 aromatic rings. The maximum absolute atomic E-state index is 13.6. The minimum Gasteiger partial charge on any atom is -0.422 e. The number of ether oxygens (including phenoxy) is 1. The van der Waals surface area contributed by atoms with Crippen molar-refractivity contribution in [2.24, 2.45) is 5.10 Å². The molecule has 114 valence electrons. The number of halogens is 1. The summed E-state index contributed by atoms with van der Waals surface area (Å²) in [6.45, 7) is 0. The van der Waals surface area contributed by atoms with E-state index in [0.29, 0.717) is 5.56 Å². The molecular weight excluding hydrogens is 299 g/mol. The highest BCUT2D eigenvalue weighted by molar-refractivity contribution is 5.93. The van der Waals surface area contributed by atoms with E-state index in [0.717, 1.165) is 0 Å². The first-order chi connectivity index (χ1) is 11.2. The number of benzene rings is 2. The third-order valence-electron chi connectivity index (χ3n) is 2.95. The number of esters is 1. The van der Waals surface area contributed by atoms with Gasteiger partial charge in [0.1, 0.15) is 24.2 Å². The smallest absolute Gasteiger partial charge is 0.346 e. The second-order valence-corrected chi connectivity index (χ2v) is 4.49. The molecule has 1 heterocycles. The van der Waals surface area contributed by atoms with Crippen molar-refractivity contribution in [3.63, 3.8) is 0 Å². The topological polar surface area (TPSA) is 69.4 Å². The summed E-state index contributed by atoms with van der Waals surface area (Å²) >= 11 is 0. The Morgan fingerprint density at radius 2 is 1.78 bits per heavy atom. The first-order valence-electron chi connectivity index (χ1n) is 6.69. The van der Waals surface area contributed by atoms with Gasteiger partial charge in [-0.3, -0.25) is 0 Å². The molecule has 2 aromatic carbocycles. The predicted molar refractivity (Wildman–Crippen MR) is 80.8 cm³/mol. The van der Waals surface area contributed by atoms with Gasteiger partial charge in [-0.15, -0.1) is 10.2 Å². The Kier molecular flexibility index (Phi) is 4.19. The molecule has 0 aliphatic rings. The van der Waals surface area contributed by atoms with Crippen LogP contribution in [0.5, 0.6) is 5.75 Å². The molecule has 6 nitrogen and oxygen atoms in total. The van der Waals surface area contributed by atoms with Gasteiger partial charge in [0.2, 0.25) is 0 Å². The van der Waals surface area contributed by atoms with Gasteiger partial charge in [-0.25, -0.2) is 13.9 Å². The van der Waals surface area contributed by atoms with Crippen molar-refractivity contribution in [3.05, 3.63) is 78.1 Å². The van der Waals surface area contributed by atoms with Crippen molar-refractivity contribution < 1.29 is 13.9 Å². The number of nitrogens with zero attached hydrogens (tertiary/aromatic N) is 4. The number of carbonyl (C=O) groups excluding carboxylic acids is 1. The van der Waals surface area contributed by atoms with E-state index < -0.39 is 11.8 Å². The van der Waals surface area contributed by atoms with E-state index in [9.17, 15) is 9.18 Å². The maximum atomic E-state index is 13.6. The molecule has 0 amide bonds. The molecule has 0 atom stereocenters. The average Bonchev–Trinajstić information content (AvgIpc) is 3.08. The van der Waals surface area contributed by atoms with E-state index in [1.54, 1.807) is 30.3 Å². The molecule has 7 heteroatoms. The summed E-state index contributed by atoms with van der Waals surface area (Å²) in [5.74, 6) is -1.13. The minimum absolute atomic E-state index is 0.127. The summed E-state index contributed by atoms with van der Waals surface area (Å²) in [5, 5.41) is 11.3. The quantitative estimate of drug-likeness (QED) is 0.422. The van der Waals surface area contributed by atoms with Crippen LogP contribution in [-0.4, -0.2) is 27.1 Å².